The number of urea groups is 1. The zero-order valence-corrected chi connectivity index (χ0v) is 11.0. The smallest absolute Gasteiger partial charge is 0.328 e. The maximum absolute atomic E-state index is 12.1. The van der Waals surface area contributed by atoms with Crippen LogP contribution in [0.3, 0.4) is 0 Å². The van der Waals surface area contributed by atoms with E-state index >= 15 is 0 Å². The Labute approximate surface area is 107 Å². The molecule has 2 atom stereocenters. The van der Waals surface area contributed by atoms with E-state index in [-0.39, 0.29) is 18.7 Å². The molecule has 0 aromatic rings. The maximum Gasteiger partial charge on any atom is 0.328 e. The highest BCUT2D eigenvalue weighted by atomic mass is 16.5. The zero-order chi connectivity index (χ0) is 13.5. The second-order valence-electron chi connectivity index (χ2n) is 4.55. The summed E-state index contributed by atoms with van der Waals surface area (Å²) in [6, 6.07) is -1.07. The van der Waals surface area contributed by atoms with Crippen LogP contribution < -0.4 is 5.32 Å². The summed E-state index contributed by atoms with van der Waals surface area (Å²) in [5.41, 5.74) is 0. The lowest BCUT2D eigenvalue weighted by molar-refractivity contribution is -0.140. The predicted molar refractivity (Wildman–Crippen MR) is 66.5 cm³/mol. The van der Waals surface area contributed by atoms with E-state index in [2.05, 4.69) is 5.32 Å². The quantitative estimate of drug-likeness (QED) is 0.773. The van der Waals surface area contributed by atoms with Crippen molar-refractivity contribution in [2.24, 2.45) is 0 Å². The van der Waals surface area contributed by atoms with Crippen LogP contribution in [-0.4, -0.2) is 54.4 Å². The van der Waals surface area contributed by atoms with E-state index in [1.54, 1.807) is 4.90 Å². The first-order chi connectivity index (χ1) is 8.60. The summed E-state index contributed by atoms with van der Waals surface area (Å²) in [5.74, 6) is -1.07. The molecular formula is C12H22N2O4. The Morgan fingerprint density at radius 1 is 1.50 bits per heavy atom. The Balaban J connectivity index is 2.58. The molecule has 1 heterocycles. The molecule has 1 aliphatic heterocycles. The monoisotopic (exact) mass is 258 g/mol. The van der Waals surface area contributed by atoms with Gasteiger partial charge in [0.2, 0.25) is 0 Å². The first kappa shape index (κ1) is 14.8. The summed E-state index contributed by atoms with van der Waals surface area (Å²) in [4.78, 5) is 24.7. The van der Waals surface area contributed by atoms with Crippen molar-refractivity contribution in [3.8, 4) is 0 Å². The molecule has 1 fully saturated rings. The van der Waals surface area contributed by atoms with Crippen LogP contribution in [0.5, 0.6) is 0 Å². The van der Waals surface area contributed by atoms with Crippen molar-refractivity contribution in [1.82, 2.24) is 10.2 Å². The molecule has 0 saturated carbocycles. The molecule has 1 saturated heterocycles. The minimum Gasteiger partial charge on any atom is -0.480 e. The second kappa shape index (κ2) is 7.20. The molecule has 6 nitrogen and oxygen atoms in total. The van der Waals surface area contributed by atoms with Gasteiger partial charge >= 0.3 is 12.0 Å². The van der Waals surface area contributed by atoms with E-state index in [1.807, 2.05) is 6.92 Å². The molecule has 6 heteroatoms. The van der Waals surface area contributed by atoms with Crippen LogP contribution in [0.4, 0.5) is 4.79 Å². The van der Waals surface area contributed by atoms with Crippen molar-refractivity contribution in [2.45, 2.75) is 44.7 Å². The number of hydrogen-bond acceptors (Lipinski definition) is 3. The van der Waals surface area contributed by atoms with E-state index in [0.717, 1.165) is 25.7 Å². The van der Waals surface area contributed by atoms with Crippen LogP contribution >= 0.6 is 0 Å². The third kappa shape index (κ3) is 3.87. The average Bonchev–Trinajstić information content (AvgIpc) is 2.37. The lowest BCUT2D eigenvalue weighted by atomic mass is 10.0. The van der Waals surface area contributed by atoms with Crippen LogP contribution in [0.25, 0.3) is 0 Å². The number of amides is 2. The number of hydrogen-bond donors (Lipinski definition) is 2. The summed E-state index contributed by atoms with van der Waals surface area (Å²) in [7, 11) is 1.41. The lowest BCUT2D eigenvalue weighted by Gasteiger charge is -2.35. The van der Waals surface area contributed by atoms with E-state index in [9.17, 15) is 9.59 Å². The summed E-state index contributed by atoms with van der Waals surface area (Å²) < 4.78 is 4.79. The van der Waals surface area contributed by atoms with Crippen molar-refractivity contribution in [3.63, 3.8) is 0 Å². The number of carboxylic acid groups (broad SMARTS) is 1. The molecule has 1 rings (SSSR count). The molecule has 2 N–H and O–H groups in total. The summed E-state index contributed by atoms with van der Waals surface area (Å²) >= 11 is 0. The fourth-order valence-corrected chi connectivity index (χ4v) is 2.27. The molecule has 0 aromatic carbocycles. The molecule has 0 bridgehead atoms. The van der Waals surface area contributed by atoms with Gasteiger partial charge in [-0.25, -0.2) is 9.59 Å². The number of carbonyl (C=O) groups excluding carboxylic acids is 1. The summed E-state index contributed by atoms with van der Waals surface area (Å²) in [6.45, 7) is 2.72. The number of ether oxygens (including phenoxy) is 1. The highest BCUT2D eigenvalue weighted by Gasteiger charge is 2.28. The second-order valence-corrected chi connectivity index (χ2v) is 4.55. The van der Waals surface area contributed by atoms with Crippen LogP contribution in [0.1, 0.15) is 32.6 Å². The van der Waals surface area contributed by atoms with E-state index in [1.165, 1.54) is 7.11 Å². The van der Waals surface area contributed by atoms with Gasteiger partial charge in [-0.2, -0.15) is 0 Å². The topological polar surface area (TPSA) is 78.9 Å². The molecule has 0 aromatic heterocycles. The molecule has 2 amide bonds. The fourth-order valence-electron chi connectivity index (χ4n) is 2.27. The number of methoxy groups -OCH3 is 1. The number of carbonyl (C=O) groups is 2. The molecule has 18 heavy (non-hydrogen) atoms. The number of carboxylic acids is 1. The first-order valence-electron chi connectivity index (χ1n) is 6.39. The molecule has 0 aliphatic carbocycles. The molecule has 1 aliphatic rings. The molecule has 0 spiro atoms. The van der Waals surface area contributed by atoms with Crippen molar-refractivity contribution in [1.29, 1.82) is 0 Å². The summed E-state index contributed by atoms with van der Waals surface area (Å²) in [5, 5.41) is 11.5. The van der Waals surface area contributed by atoms with Gasteiger partial charge in [-0.15, -0.1) is 0 Å². The van der Waals surface area contributed by atoms with E-state index in [4.69, 9.17) is 9.84 Å². The number of likely N-dealkylation sites (tertiary alicyclic amines) is 1. The predicted octanol–water partition coefficient (Wildman–Crippen LogP) is 1.06. The number of nitrogens with zero attached hydrogens (tertiary/aromatic N) is 1. The Morgan fingerprint density at radius 3 is 2.78 bits per heavy atom. The lowest BCUT2D eigenvalue weighted by Crippen LogP contribution is -2.53. The van der Waals surface area contributed by atoms with Crippen LogP contribution in [-0.2, 0) is 9.53 Å². The van der Waals surface area contributed by atoms with Gasteiger partial charge in [0.05, 0.1) is 6.61 Å². The molecule has 0 radical (unpaired) electrons. The Kier molecular flexibility index (Phi) is 5.91. The van der Waals surface area contributed by atoms with Crippen LogP contribution in [0, 0.1) is 0 Å². The van der Waals surface area contributed by atoms with Gasteiger partial charge in [-0.05, 0) is 25.7 Å². The van der Waals surface area contributed by atoms with Crippen molar-refractivity contribution < 1.29 is 19.4 Å². The number of rotatable bonds is 5. The van der Waals surface area contributed by atoms with Crippen LogP contribution in [0.2, 0.25) is 0 Å². The van der Waals surface area contributed by atoms with Crippen molar-refractivity contribution in [3.05, 3.63) is 0 Å². The Bertz CT molecular complexity index is 296. The minimum atomic E-state index is -1.07. The minimum absolute atomic E-state index is 0.0221. The maximum atomic E-state index is 12.1. The van der Waals surface area contributed by atoms with Gasteiger partial charge in [-0.3, -0.25) is 0 Å². The van der Waals surface area contributed by atoms with Gasteiger partial charge < -0.3 is 20.1 Å². The molecular weight excluding hydrogens is 236 g/mol. The first-order valence-corrected chi connectivity index (χ1v) is 6.39. The van der Waals surface area contributed by atoms with Crippen molar-refractivity contribution in [2.75, 3.05) is 20.3 Å². The normalized spacial score (nSPS) is 21.4. The zero-order valence-electron chi connectivity index (χ0n) is 11.0. The third-order valence-corrected chi connectivity index (χ3v) is 3.29. The van der Waals surface area contributed by atoms with Crippen LogP contribution in [0.15, 0.2) is 0 Å². The number of aliphatic carboxylic acids is 1. The number of nitrogens with one attached hydrogen (secondary N) is 1. The standard InChI is InChI=1S/C12H22N2O4/c1-3-9-6-4-5-7-14(9)12(17)13-10(8-18-2)11(15)16/h9-10H,3-8H2,1-2H3,(H,13,17)(H,15,16). The van der Waals surface area contributed by atoms with Gasteiger partial charge in [0, 0.05) is 19.7 Å². The fraction of sp³-hybridized carbons (Fsp3) is 0.833. The molecule has 2 unspecified atom stereocenters. The summed E-state index contributed by atoms with van der Waals surface area (Å²) in [6.07, 6.45) is 4.00. The van der Waals surface area contributed by atoms with Crippen molar-refractivity contribution >= 4 is 12.0 Å². The highest BCUT2D eigenvalue weighted by molar-refractivity contribution is 5.82. The van der Waals surface area contributed by atoms with Gasteiger partial charge in [0.1, 0.15) is 0 Å². The van der Waals surface area contributed by atoms with Gasteiger partial charge in [0.25, 0.3) is 0 Å². The highest BCUT2D eigenvalue weighted by Crippen LogP contribution is 2.19. The third-order valence-electron chi connectivity index (χ3n) is 3.29. The number of piperidine rings is 1. The average molecular weight is 258 g/mol. The SMILES string of the molecule is CCC1CCCCN1C(=O)NC(COC)C(=O)O. The van der Waals surface area contributed by atoms with E-state index < -0.39 is 12.0 Å². The molecule has 104 valence electrons. The Hall–Kier alpha value is -1.30. The Morgan fingerprint density at radius 2 is 2.22 bits per heavy atom. The van der Waals surface area contributed by atoms with Gasteiger partial charge in [-0.1, -0.05) is 6.92 Å². The van der Waals surface area contributed by atoms with E-state index in [0.29, 0.717) is 6.54 Å². The largest absolute Gasteiger partial charge is 0.480 e. The van der Waals surface area contributed by atoms with Gasteiger partial charge in [0.15, 0.2) is 6.04 Å².